The van der Waals surface area contributed by atoms with Crippen LogP contribution in [0.4, 0.5) is 0 Å². The second kappa shape index (κ2) is 6.54. The van der Waals surface area contributed by atoms with E-state index in [1.807, 2.05) is 30.3 Å². The third-order valence-corrected chi connectivity index (χ3v) is 3.67. The van der Waals surface area contributed by atoms with Crippen LogP contribution in [0.1, 0.15) is 5.56 Å². The number of halogens is 1. The Labute approximate surface area is 133 Å². The smallest absolute Gasteiger partial charge is 0.137 e. The third kappa shape index (κ3) is 3.07. The summed E-state index contributed by atoms with van der Waals surface area (Å²) in [6, 6.07) is 12.8. The molecule has 22 heavy (non-hydrogen) atoms. The minimum absolute atomic E-state index is 0.222. The number of nitrogens with one attached hydrogen (secondary N) is 1. The van der Waals surface area contributed by atoms with Crippen molar-refractivity contribution in [1.29, 1.82) is 0 Å². The molecule has 0 spiro atoms. The molecule has 0 aliphatic rings. The van der Waals surface area contributed by atoms with Crippen LogP contribution in [0.2, 0.25) is 5.02 Å². The lowest BCUT2D eigenvalue weighted by Crippen LogP contribution is -2.03. The van der Waals surface area contributed by atoms with Gasteiger partial charge in [-0.1, -0.05) is 35.9 Å². The molecule has 0 fully saturated rings. The maximum Gasteiger partial charge on any atom is 0.137 e. The van der Waals surface area contributed by atoms with Gasteiger partial charge in [0, 0.05) is 12.0 Å². The van der Waals surface area contributed by atoms with Crippen LogP contribution in [0.3, 0.4) is 0 Å². The Hall–Kier alpha value is -2.46. The number of H-pyrrole nitrogens is 1. The zero-order valence-corrected chi connectivity index (χ0v) is 12.5. The summed E-state index contributed by atoms with van der Waals surface area (Å²) in [5.41, 5.74) is 2.52. The molecule has 2 N–H and O–H groups in total. The SMILES string of the molecule is Oc1cccc(CCOc2ccccc2Cl)c1-c1cnc[nH]1. The summed E-state index contributed by atoms with van der Waals surface area (Å²) in [4.78, 5) is 7.02. The number of aromatic nitrogens is 2. The van der Waals surface area contributed by atoms with E-state index in [0.29, 0.717) is 23.8 Å². The fraction of sp³-hybridized carbons (Fsp3) is 0.118. The molecule has 4 nitrogen and oxygen atoms in total. The molecular weight excluding hydrogens is 300 g/mol. The van der Waals surface area contributed by atoms with Crippen LogP contribution in [0.15, 0.2) is 55.0 Å². The van der Waals surface area contributed by atoms with Gasteiger partial charge in [0.1, 0.15) is 11.5 Å². The van der Waals surface area contributed by atoms with Crippen molar-refractivity contribution in [3.05, 3.63) is 65.6 Å². The largest absolute Gasteiger partial charge is 0.507 e. The number of nitrogens with zero attached hydrogens (tertiary/aromatic N) is 1. The van der Waals surface area contributed by atoms with Crippen molar-refractivity contribution in [2.75, 3.05) is 6.61 Å². The molecule has 5 heteroatoms. The highest BCUT2D eigenvalue weighted by molar-refractivity contribution is 6.32. The minimum atomic E-state index is 0.222. The van der Waals surface area contributed by atoms with Crippen LogP contribution < -0.4 is 4.74 Å². The summed E-state index contributed by atoms with van der Waals surface area (Å²) in [5, 5.41) is 10.7. The van der Waals surface area contributed by atoms with Gasteiger partial charge in [-0.3, -0.25) is 0 Å². The van der Waals surface area contributed by atoms with Crippen molar-refractivity contribution >= 4 is 11.6 Å². The second-order valence-electron chi connectivity index (χ2n) is 4.81. The van der Waals surface area contributed by atoms with Crippen molar-refractivity contribution in [2.45, 2.75) is 6.42 Å². The number of aromatic amines is 1. The molecule has 0 saturated heterocycles. The van der Waals surface area contributed by atoms with Crippen LogP contribution in [0.25, 0.3) is 11.3 Å². The first kappa shape index (κ1) is 14.5. The quantitative estimate of drug-likeness (QED) is 0.746. The summed E-state index contributed by atoms with van der Waals surface area (Å²) in [5.74, 6) is 0.881. The average Bonchev–Trinajstić information content (AvgIpc) is 3.03. The number of hydrogen-bond acceptors (Lipinski definition) is 3. The fourth-order valence-corrected chi connectivity index (χ4v) is 2.52. The van der Waals surface area contributed by atoms with E-state index < -0.39 is 0 Å². The number of para-hydroxylation sites is 1. The molecule has 1 aromatic heterocycles. The molecule has 0 aliphatic heterocycles. The molecular formula is C17H15ClN2O2. The molecule has 2 aromatic carbocycles. The highest BCUT2D eigenvalue weighted by Gasteiger charge is 2.11. The molecule has 0 aliphatic carbocycles. The lowest BCUT2D eigenvalue weighted by molar-refractivity contribution is 0.322. The Kier molecular flexibility index (Phi) is 4.30. The van der Waals surface area contributed by atoms with Crippen molar-refractivity contribution in [2.24, 2.45) is 0 Å². The van der Waals surface area contributed by atoms with E-state index >= 15 is 0 Å². The highest BCUT2D eigenvalue weighted by atomic mass is 35.5. The van der Waals surface area contributed by atoms with E-state index in [4.69, 9.17) is 16.3 Å². The topological polar surface area (TPSA) is 58.1 Å². The molecule has 3 rings (SSSR count). The molecule has 3 aromatic rings. The van der Waals surface area contributed by atoms with Gasteiger partial charge in [0.25, 0.3) is 0 Å². The number of benzene rings is 2. The van der Waals surface area contributed by atoms with Crippen LogP contribution >= 0.6 is 11.6 Å². The monoisotopic (exact) mass is 314 g/mol. The number of phenols is 1. The number of hydrogen-bond donors (Lipinski definition) is 2. The van der Waals surface area contributed by atoms with Crippen LogP contribution in [-0.4, -0.2) is 21.7 Å². The average molecular weight is 315 g/mol. The van der Waals surface area contributed by atoms with E-state index in [1.165, 1.54) is 0 Å². The predicted molar refractivity (Wildman–Crippen MR) is 86.3 cm³/mol. The molecule has 1 heterocycles. The second-order valence-corrected chi connectivity index (χ2v) is 5.21. The molecule has 0 atom stereocenters. The predicted octanol–water partition coefficient (Wildman–Crippen LogP) is 4.06. The van der Waals surface area contributed by atoms with Gasteiger partial charge >= 0.3 is 0 Å². The lowest BCUT2D eigenvalue weighted by Gasteiger charge is -2.11. The van der Waals surface area contributed by atoms with Crippen molar-refractivity contribution in [1.82, 2.24) is 9.97 Å². The molecule has 0 unspecified atom stereocenters. The molecule has 0 saturated carbocycles. The fourth-order valence-electron chi connectivity index (χ4n) is 2.33. The first-order valence-electron chi connectivity index (χ1n) is 6.92. The maximum atomic E-state index is 10.1. The van der Waals surface area contributed by atoms with E-state index in [-0.39, 0.29) is 5.75 Å². The Morgan fingerprint density at radius 1 is 1.14 bits per heavy atom. The van der Waals surface area contributed by atoms with Crippen molar-refractivity contribution in [3.63, 3.8) is 0 Å². The summed E-state index contributed by atoms with van der Waals surface area (Å²) >= 11 is 6.07. The molecule has 0 amide bonds. The van der Waals surface area contributed by atoms with E-state index in [1.54, 1.807) is 24.7 Å². The Bertz CT molecular complexity index is 757. The number of phenolic OH excluding ortho intramolecular Hbond substituents is 1. The van der Waals surface area contributed by atoms with Crippen molar-refractivity contribution in [3.8, 4) is 22.8 Å². The van der Waals surface area contributed by atoms with Gasteiger partial charge in [-0.05, 0) is 23.8 Å². The van der Waals surface area contributed by atoms with Gasteiger partial charge in [0.05, 0.1) is 29.8 Å². The van der Waals surface area contributed by atoms with Gasteiger partial charge in [0.15, 0.2) is 0 Å². The Balaban J connectivity index is 1.76. The van der Waals surface area contributed by atoms with Gasteiger partial charge in [-0.2, -0.15) is 0 Å². The first-order valence-corrected chi connectivity index (χ1v) is 7.30. The Morgan fingerprint density at radius 2 is 2.00 bits per heavy atom. The lowest BCUT2D eigenvalue weighted by atomic mass is 10.0. The van der Waals surface area contributed by atoms with Gasteiger partial charge in [-0.15, -0.1) is 0 Å². The molecule has 0 bridgehead atoms. The number of ether oxygens (including phenoxy) is 1. The highest BCUT2D eigenvalue weighted by Crippen LogP contribution is 2.31. The Morgan fingerprint density at radius 3 is 2.77 bits per heavy atom. The van der Waals surface area contributed by atoms with E-state index in [9.17, 15) is 5.11 Å². The minimum Gasteiger partial charge on any atom is -0.507 e. The number of aromatic hydroxyl groups is 1. The zero-order valence-electron chi connectivity index (χ0n) is 11.8. The summed E-state index contributed by atoms with van der Waals surface area (Å²) in [7, 11) is 0. The van der Waals surface area contributed by atoms with Crippen LogP contribution in [-0.2, 0) is 6.42 Å². The van der Waals surface area contributed by atoms with E-state index in [2.05, 4.69) is 9.97 Å². The molecule has 112 valence electrons. The van der Waals surface area contributed by atoms with Crippen molar-refractivity contribution < 1.29 is 9.84 Å². The third-order valence-electron chi connectivity index (χ3n) is 3.36. The molecule has 0 radical (unpaired) electrons. The van der Waals surface area contributed by atoms with E-state index in [0.717, 1.165) is 16.8 Å². The summed E-state index contributed by atoms with van der Waals surface area (Å²) in [6.07, 6.45) is 3.92. The first-order chi connectivity index (χ1) is 10.8. The normalized spacial score (nSPS) is 10.6. The maximum absolute atomic E-state index is 10.1. The summed E-state index contributed by atoms with van der Waals surface area (Å²) in [6.45, 7) is 0.467. The van der Waals surface area contributed by atoms with Gasteiger partial charge in [-0.25, -0.2) is 4.98 Å². The number of imidazole rings is 1. The van der Waals surface area contributed by atoms with Gasteiger partial charge < -0.3 is 14.8 Å². The van der Waals surface area contributed by atoms with Crippen LogP contribution in [0, 0.1) is 0 Å². The standard InChI is InChI=1S/C17H15ClN2O2/c18-13-5-1-2-7-16(13)22-9-8-12-4-3-6-15(21)17(12)14-10-19-11-20-14/h1-7,10-11,21H,8-9H2,(H,19,20). The van der Waals surface area contributed by atoms with Gasteiger partial charge in [0.2, 0.25) is 0 Å². The summed E-state index contributed by atoms with van der Waals surface area (Å²) < 4.78 is 5.71. The number of rotatable bonds is 5. The zero-order chi connectivity index (χ0) is 15.4. The van der Waals surface area contributed by atoms with Crippen LogP contribution in [0.5, 0.6) is 11.5 Å².